The molecule has 0 saturated heterocycles. The zero-order valence-corrected chi connectivity index (χ0v) is 5.77. The molecule has 1 aliphatic carbocycles. The van der Waals surface area contributed by atoms with Gasteiger partial charge in [0.25, 0.3) is 0 Å². The lowest BCUT2D eigenvalue weighted by Gasteiger charge is -2.18. The molecule has 1 fully saturated rings. The molecule has 0 atom stereocenters. The minimum atomic E-state index is 0. The van der Waals surface area contributed by atoms with Gasteiger partial charge in [0.15, 0.2) is 0 Å². The minimum absolute atomic E-state index is 0. The molecule has 2 heteroatoms. The predicted octanol–water partition coefficient (Wildman–Crippen LogP) is 0.734. The van der Waals surface area contributed by atoms with E-state index in [1.807, 2.05) is 0 Å². The van der Waals surface area contributed by atoms with E-state index in [0.717, 1.165) is 0 Å². The maximum absolute atomic E-state index is 8.69. The molecule has 0 amide bonds. The van der Waals surface area contributed by atoms with Crippen LogP contribution in [0.5, 0.6) is 0 Å². The lowest BCUT2D eigenvalue weighted by Crippen LogP contribution is -2.09. The van der Waals surface area contributed by atoms with Crippen molar-refractivity contribution < 1.29 is 10.6 Å². The van der Waals surface area contributed by atoms with E-state index in [-0.39, 0.29) is 5.48 Å². The normalized spacial score (nSPS) is 21.0. The first-order valence-electron chi connectivity index (χ1n) is 3.54. The molecule has 0 radical (unpaired) electrons. The Hall–Kier alpha value is -0.0800. The Morgan fingerprint density at radius 2 is 1.67 bits per heavy atom. The molecular weight excluding hydrogens is 116 g/mol. The third kappa shape index (κ3) is 2.82. The van der Waals surface area contributed by atoms with Gasteiger partial charge in [-0.2, -0.15) is 0 Å². The Kier molecular flexibility index (Phi) is 4.72. The Labute approximate surface area is 56.2 Å². The van der Waals surface area contributed by atoms with E-state index < -0.39 is 0 Å². The lowest BCUT2D eigenvalue weighted by molar-refractivity contribution is 0.190. The third-order valence-electron chi connectivity index (χ3n) is 1.98. The molecule has 1 rings (SSSR count). The quantitative estimate of drug-likeness (QED) is 0.562. The topological polar surface area (TPSA) is 51.7 Å². The van der Waals surface area contributed by atoms with E-state index >= 15 is 0 Å². The van der Waals surface area contributed by atoms with Gasteiger partial charge in [0.1, 0.15) is 0 Å². The van der Waals surface area contributed by atoms with Gasteiger partial charge >= 0.3 is 0 Å². The summed E-state index contributed by atoms with van der Waals surface area (Å²) in [6.45, 7) is 0.417. The fourth-order valence-electron chi connectivity index (χ4n) is 1.37. The van der Waals surface area contributed by atoms with Crippen LogP contribution in [-0.4, -0.2) is 17.2 Å². The Morgan fingerprint density at radius 1 is 1.11 bits per heavy atom. The van der Waals surface area contributed by atoms with Gasteiger partial charge in [0.2, 0.25) is 0 Å². The van der Waals surface area contributed by atoms with Crippen LogP contribution in [-0.2, 0) is 0 Å². The average Bonchev–Trinajstić information content (AvgIpc) is 1.90. The molecule has 1 saturated carbocycles. The second-order valence-corrected chi connectivity index (χ2v) is 2.69. The molecule has 9 heavy (non-hydrogen) atoms. The Bertz CT molecular complexity index is 57.9. The zero-order valence-electron chi connectivity index (χ0n) is 5.77. The summed E-state index contributed by atoms with van der Waals surface area (Å²) in [6.07, 6.45) is 6.58. The highest BCUT2D eigenvalue weighted by Crippen LogP contribution is 2.22. The van der Waals surface area contributed by atoms with E-state index in [4.69, 9.17) is 5.11 Å². The van der Waals surface area contributed by atoms with E-state index in [1.165, 1.54) is 32.1 Å². The highest BCUT2D eigenvalue weighted by molar-refractivity contribution is 4.63. The summed E-state index contributed by atoms with van der Waals surface area (Å²) in [5, 5.41) is 8.69. The SMILES string of the molecule is O.OCC1CCCCC1. The van der Waals surface area contributed by atoms with Crippen LogP contribution in [0.2, 0.25) is 0 Å². The van der Waals surface area contributed by atoms with Crippen molar-refractivity contribution in [3.63, 3.8) is 0 Å². The minimum Gasteiger partial charge on any atom is -0.412 e. The summed E-state index contributed by atoms with van der Waals surface area (Å²) in [4.78, 5) is 0. The van der Waals surface area contributed by atoms with Crippen LogP contribution in [0.3, 0.4) is 0 Å². The van der Waals surface area contributed by atoms with Gasteiger partial charge in [0, 0.05) is 6.61 Å². The van der Waals surface area contributed by atoms with Gasteiger partial charge in [-0.05, 0) is 18.8 Å². The maximum atomic E-state index is 8.69. The van der Waals surface area contributed by atoms with E-state index in [2.05, 4.69) is 0 Å². The molecule has 0 aromatic rings. The molecule has 0 bridgehead atoms. The highest BCUT2D eigenvalue weighted by atomic mass is 16.3. The molecule has 56 valence electrons. The number of aliphatic hydroxyl groups excluding tert-OH is 1. The monoisotopic (exact) mass is 132 g/mol. The zero-order chi connectivity index (χ0) is 5.82. The van der Waals surface area contributed by atoms with Crippen molar-refractivity contribution in [3.8, 4) is 0 Å². The van der Waals surface area contributed by atoms with Gasteiger partial charge in [-0.1, -0.05) is 19.3 Å². The Balaban J connectivity index is 0.000000640. The largest absolute Gasteiger partial charge is 0.412 e. The van der Waals surface area contributed by atoms with Crippen molar-refractivity contribution in [1.29, 1.82) is 0 Å². The second kappa shape index (κ2) is 4.77. The molecule has 0 aromatic carbocycles. The summed E-state index contributed by atoms with van der Waals surface area (Å²) >= 11 is 0. The van der Waals surface area contributed by atoms with Crippen molar-refractivity contribution >= 4 is 0 Å². The van der Waals surface area contributed by atoms with Crippen molar-refractivity contribution in [2.75, 3.05) is 6.61 Å². The standard InChI is InChI=1S/C7H14O.H2O/c8-6-7-4-2-1-3-5-7;/h7-8H,1-6H2;1H2. The van der Waals surface area contributed by atoms with Crippen molar-refractivity contribution in [2.24, 2.45) is 5.92 Å². The van der Waals surface area contributed by atoms with E-state index in [9.17, 15) is 0 Å². The first-order valence-corrected chi connectivity index (χ1v) is 3.54. The highest BCUT2D eigenvalue weighted by Gasteiger charge is 2.10. The Morgan fingerprint density at radius 3 is 2.00 bits per heavy atom. The van der Waals surface area contributed by atoms with Crippen LogP contribution in [0.15, 0.2) is 0 Å². The van der Waals surface area contributed by atoms with Crippen molar-refractivity contribution in [2.45, 2.75) is 32.1 Å². The fourth-order valence-corrected chi connectivity index (χ4v) is 1.37. The number of hydrogen-bond donors (Lipinski definition) is 1. The molecular formula is C7H16O2. The number of rotatable bonds is 1. The van der Waals surface area contributed by atoms with E-state index in [0.29, 0.717) is 12.5 Å². The van der Waals surface area contributed by atoms with Gasteiger partial charge in [0.05, 0.1) is 0 Å². The first-order chi connectivity index (χ1) is 3.93. The summed E-state index contributed by atoms with van der Waals surface area (Å²) in [5.74, 6) is 0.642. The van der Waals surface area contributed by atoms with E-state index in [1.54, 1.807) is 0 Å². The van der Waals surface area contributed by atoms with Crippen LogP contribution in [0.25, 0.3) is 0 Å². The van der Waals surface area contributed by atoms with Crippen LogP contribution >= 0.6 is 0 Å². The summed E-state index contributed by atoms with van der Waals surface area (Å²) in [7, 11) is 0. The van der Waals surface area contributed by atoms with Crippen molar-refractivity contribution in [3.05, 3.63) is 0 Å². The lowest BCUT2D eigenvalue weighted by atomic mass is 9.90. The van der Waals surface area contributed by atoms with Gasteiger partial charge < -0.3 is 10.6 Å². The maximum Gasteiger partial charge on any atom is 0.0459 e. The molecule has 2 nitrogen and oxygen atoms in total. The average molecular weight is 132 g/mol. The molecule has 0 aromatic heterocycles. The predicted molar refractivity (Wildman–Crippen MR) is 37.3 cm³/mol. The molecule has 3 N–H and O–H groups in total. The van der Waals surface area contributed by atoms with Gasteiger partial charge in [-0.25, -0.2) is 0 Å². The van der Waals surface area contributed by atoms with Crippen LogP contribution in [0.4, 0.5) is 0 Å². The molecule has 0 aliphatic heterocycles. The smallest absolute Gasteiger partial charge is 0.0459 e. The van der Waals surface area contributed by atoms with Crippen LogP contribution in [0, 0.1) is 5.92 Å². The van der Waals surface area contributed by atoms with Crippen molar-refractivity contribution in [1.82, 2.24) is 0 Å². The molecule has 1 aliphatic rings. The summed E-state index contributed by atoms with van der Waals surface area (Å²) < 4.78 is 0. The summed E-state index contributed by atoms with van der Waals surface area (Å²) in [6, 6.07) is 0. The molecule has 0 spiro atoms. The van der Waals surface area contributed by atoms with Gasteiger partial charge in [-0.3, -0.25) is 0 Å². The first kappa shape index (κ1) is 8.92. The van der Waals surface area contributed by atoms with Crippen LogP contribution < -0.4 is 0 Å². The molecule has 0 heterocycles. The number of hydrogen-bond acceptors (Lipinski definition) is 1. The number of aliphatic hydroxyl groups is 1. The third-order valence-corrected chi connectivity index (χ3v) is 1.98. The molecule has 0 unspecified atom stereocenters. The van der Waals surface area contributed by atoms with Gasteiger partial charge in [-0.15, -0.1) is 0 Å². The second-order valence-electron chi connectivity index (χ2n) is 2.69. The summed E-state index contributed by atoms with van der Waals surface area (Å²) in [5.41, 5.74) is 0. The fraction of sp³-hybridized carbons (Fsp3) is 1.00. The van der Waals surface area contributed by atoms with Crippen LogP contribution in [0.1, 0.15) is 32.1 Å².